The first-order valence-electron chi connectivity index (χ1n) is 25.2. The van der Waals surface area contributed by atoms with E-state index >= 15 is 0 Å². The zero-order chi connectivity index (χ0) is 53.8. The maximum Gasteiger partial charge on any atom is 0.326 e. The first-order chi connectivity index (χ1) is 34.7. The molecule has 0 radical (unpaired) electrons. The minimum absolute atomic E-state index is 0.00722. The summed E-state index contributed by atoms with van der Waals surface area (Å²) in [6, 6.07) is 7.33. The summed E-state index contributed by atoms with van der Waals surface area (Å²) in [5.41, 5.74) is 24.9. The van der Waals surface area contributed by atoms with Crippen LogP contribution in [-0.4, -0.2) is 136 Å². The van der Waals surface area contributed by atoms with Crippen molar-refractivity contribution in [2.24, 2.45) is 39.8 Å². The largest absolute Gasteiger partial charge is 0.480 e. The number of para-hydroxylation sites is 1. The van der Waals surface area contributed by atoms with Crippen LogP contribution in [0.2, 0.25) is 0 Å². The Morgan fingerprint density at radius 3 is 2.03 bits per heavy atom. The van der Waals surface area contributed by atoms with Crippen LogP contribution in [0.25, 0.3) is 10.9 Å². The summed E-state index contributed by atoms with van der Waals surface area (Å²) >= 11 is 0. The lowest BCUT2D eigenvalue weighted by Gasteiger charge is -2.30. The molecule has 22 heteroatoms. The van der Waals surface area contributed by atoms with Gasteiger partial charge in [-0.2, -0.15) is 0 Å². The molecule has 0 saturated carbocycles. The van der Waals surface area contributed by atoms with Crippen molar-refractivity contribution in [1.82, 2.24) is 41.8 Å². The van der Waals surface area contributed by atoms with E-state index in [0.717, 1.165) is 16.5 Å². The van der Waals surface area contributed by atoms with Crippen molar-refractivity contribution in [3.05, 3.63) is 71.9 Å². The molecule has 7 amide bonds. The molecule has 8 atom stereocenters. The number of carbonyl (C=O) groups is 8. The minimum Gasteiger partial charge on any atom is -0.480 e. The molecule has 3 aromatic rings. The Balaban J connectivity index is 1.48. The molecule has 1 aliphatic heterocycles. The van der Waals surface area contributed by atoms with Gasteiger partial charge in [0.2, 0.25) is 41.4 Å². The third kappa shape index (κ3) is 18.2. The van der Waals surface area contributed by atoms with E-state index in [1.165, 1.54) is 11.8 Å². The van der Waals surface area contributed by atoms with Crippen molar-refractivity contribution >= 4 is 64.2 Å². The number of nitrogens with two attached hydrogens (primary N) is 4. The van der Waals surface area contributed by atoms with Gasteiger partial charge in [-0.05, 0) is 87.4 Å². The van der Waals surface area contributed by atoms with Crippen molar-refractivity contribution in [3.63, 3.8) is 0 Å². The van der Waals surface area contributed by atoms with E-state index < -0.39 is 102 Å². The number of carboxylic acid groups (broad SMARTS) is 1. The molecular formula is C51H77N13O9. The number of carbonyl (C=O) groups excluding carboxylic acids is 7. The molecule has 400 valence electrons. The first-order valence-corrected chi connectivity index (χ1v) is 25.2. The zero-order valence-electron chi connectivity index (χ0n) is 42.7. The number of unbranched alkanes of at least 4 members (excludes halogenated alkanes) is 1. The van der Waals surface area contributed by atoms with Crippen molar-refractivity contribution in [3.8, 4) is 0 Å². The SMILES string of the molecule is CC(C)C[C@@H](NC(=O)[C@@H](C)NC(=O)[C@@H]1CCCN1C(=O)[C@H](Cc1c[nH]c2ccccc12)NC(=O)[C@H](N)CCCCN)C(=O)N[C@H](Cc1ccccc1)C(=O)N[C@@H](C(=O)N[C@@H](CCCN=C(N)N)C(=O)O)C(C)C. The highest BCUT2D eigenvalue weighted by Crippen LogP contribution is 2.23. The Labute approximate surface area is 426 Å². The molecule has 1 aromatic heterocycles. The Hall–Kier alpha value is -7.07. The fourth-order valence-corrected chi connectivity index (χ4v) is 8.66. The number of fused-ring (bicyclic) bond motifs is 1. The van der Waals surface area contributed by atoms with Crippen LogP contribution in [0.4, 0.5) is 0 Å². The van der Waals surface area contributed by atoms with E-state index in [2.05, 4.69) is 41.9 Å². The Morgan fingerprint density at radius 1 is 0.726 bits per heavy atom. The van der Waals surface area contributed by atoms with E-state index in [0.29, 0.717) is 44.2 Å². The van der Waals surface area contributed by atoms with E-state index in [4.69, 9.17) is 22.9 Å². The van der Waals surface area contributed by atoms with Crippen LogP contribution in [0.1, 0.15) is 97.1 Å². The molecule has 0 unspecified atom stereocenters. The summed E-state index contributed by atoms with van der Waals surface area (Å²) < 4.78 is 0. The molecule has 0 aliphatic carbocycles. The third-order valence-corrected chi connectivity index (χ3v) is 12.7. The van der Waals surface area contributed by atoms with E-state index in [9.17, 15) is 43.5 Å². The number of aromatic amines is 1. The number of hydrogen-bond donors (Lipinski definition) is 12. The Morgan fingerprint density at radius 2 is 1.37 bits per heavy atom. The number of nitrogens with zero attached hydrogens (tertiary/aromatic N) is 2. The smallest absolute Gasteiger partial charge is 0.326 e. The van der Waals surface area contributed by atoms with Gasteiger partial charge in [0.15, 0.2) is 5.96 Å². The number of aromatic nitrogens is 1. The summed E-state index contributed by atoms with van der Waals surface area (Å²) in [6.07, 6.45) is 4.76. The van der Waals surface area contributed by atoms with E-state index in [-0.39, 0.29) is 57.1 Å². The van der Waals surface area contributed by atoms with Crippen molar-refractivity contribution in [2.75, 3.05) is 19.6 Å². The van der Waals surface area contributed by atoms with Crippen molar-refractivity contribution < 1.29 is 43.5 Å². The van der Waals surface area contributed by atoms with Crippen LogP contribution in [-0.2, 0) is 51.2 Å². The molecule has 73 heavy (non-hydrogen) atoms. The number of hydrogen-bond acceptors (Lipinski definition) is 11. The van der Waals surface area contributed by atoms with Gasteiger partial charge >= 0.3 is 5.97 Å². The van der Waals surface area contributed by atoms with Gasteiger partial charge in [0, 0.05) is 43.0 Å². The summed E-state index contributed by atoms with van der Waals surface area (Å²) in [5, 5.41) is 27.0. The minimum atomic E-state index is -1.30. The fourth-order valence-electron chi connectivity index (χ4n) is 8.66. The lowest BCUT2D eigenvalue weighted by atomic mass is 9.99. The average molecular weight is 1020 g/mol. The van der Waals surface area contributed by atoms with Crippen LogP contribution in [0, 0.1) is 11.8 Å². The quantitative estimate of drug-likeness (QED) is 0.0251. The molecule has 1 fully saturated rings. The van der Waals surface area contributed by atoms with Crippen molar-refractivity contribution in [1.29, 1.82) is 0 Å². The Kier molecular flexibility index (Phi) is 23.1. The van der Waals surface area contributed by atoms with Gasteiger partial charge in [-0.3, -0.25) is 38.6 Å². The van der Waals surface area contributed by atoms with Crippen molar-refractivity contribution in [2.45, 2.75) is 147 Å². The molecule has 0 bridgehead atoms. The Bertz CT molecular complexity index is 2370. The molecule has 1 saturated heterocycles. The maximum absolute atomic E-state index is 14.4. The number of aliphatic imine (C=N–C) groups is 1. The second-order valence-corrected chi connectivity index (χ2v) is 19.5. The molecule has 22 nitrogen and oxygen atoms in total. The molecule has 2 heterocycles. The number of nitrogens with one attached hydrogen (secondary N) is 7. The van der Waals surface area contributed by atoms with Gasteiger partial charge < -0.3 is 69.8 Å². The van der Waals surface area contributed by atoms with Gasteiger partial charge in [-0.25, -0.2) is 4.79 Å². The predicted molar refractivity (Wildman–Crippen MR) is 277 cm³/mol. The summed E-state index contributed by atoms with van der Waals surface area (Å²) in [7, 11) is 0. The van der Waals surface area contributed by atoms with Crippen LogP contribution in [0.15, 0.2) is 65.8 Å². The number of likely N-dealkylation sites (tertiary alicyclic amines) is 1. The summed E-state index contributed by atoms with van der Waals surface area (Å²) in [5.74, 6) is -6.56. The fraction of sp³-hybridized carbons (Fsp3) is 0.549. The van der Waals surface area contributed by atoms with Gasteiger partial charge in [-0.1, -0.05) is 82.6 Å². The zero-order valence-corrected chi connectivity index (χ0v) is 42.7. The number of guanidine groups is 1. The number of rotatable bonds is 29. The molecule has 2 aromatic carbocycles. The van der Waals surface area contributed by atoms with Crippen LogP contribution < -0.4 is 54.8 Å². The first kappa shape index (κ1) is 58.5. The molecular weight excluding hydrogens is 939 g/mol. The highest BCUT2D eigenvalue weighted by atomic mass is 16.4. The molecule has 4 rings (SSSR count). The number of carboxylic acids is 1. The van der Waals surface area contributed by atoms with E-state index in [1.807, 2.05) is 38.1 Å². The van der Waals surface area contributed by atoms with Gasteiger partial charge in [-0.15, -0.1) is 0 Å². The van der Waals surface area contributed by atoms with Gasteiger partial charge in [0.05, 0.1) is 6.04 Å². The highest BCUT2D eigenvalue weighted by molar-refractivity contribution is 5.98. The lowest BCUT2D eigenvalue weighted by Crippen LogP contribution is -2.60. The topological polar surface area (TPSA) is 364 Å². The van der Waals surface area contributed by atoms with Gasteiger partial charge in [0.25, 0.3) is 0 Å². The van der Waals surface area contributed by atoms with Crippen LogP contribution in [0.3, 0.4) is 0 Å². The highest BCUT2D eigenvalue weighted by Gasteiger charge is 2.40. The normalized spacial score (nSPS) is 16.3. The van der Waals surface area contributed by atoms with Gasteiger partial charge in [0.1, 0.15) is 42.3 Å². The standard InChI is InChI=1S/C51H77N13O9/c1-29(2)25-38(45(67)61-39(26-32-15-7-6-8-16-32)46(68)63-42(30(3)4)48(70)59-37(50(72)73)20-13-23-56-51(54)55)60-43(65)31(5)58-47(69)41-21-14-24-64(41)49(71)40(62-44(66)35(53)18-11-12-22-52)27-33-28-57-36-19-10-9-17-34(33)36/h6-10,15-17,19,28-31,35,37-42,57H,11-14,18,20-27,52-53H2,1-5H3,(H,58,69)(H,59,70)(H,60,65)(H,61,67)(H,62,66)(H,63,68)(H,72,73)(H4,54,55,56)/t31-,35-,37+,38-,39-,40+,41+,42-/m1/s1. The maximum atomic E-state index is 14.4. The average Bonchev–Trinajstić information content (AvgIpc) is 4.01. The number of benzene rings is 2. The van der Waals surface area contributed by atoms with Crippen LogP contribution in [0.5, 0.6) is 0 Å². The number of amides is 7. The number of aliphatic carboxylic acids is 1. The summed E-state index contributed by atoms with van der Waals surface area (Å²) in [6.45, 7) is 9.31. The summed E-state index contributed by atoms with van der Waals surface area (Å²) in [4.78, 5) is 118. The van der Waals surface area contributed by atoms with Crippen LogP contribution >= 0.6 is 0 Å². The predicted octanol–water partition coefficient (Wildman–Crippen LogP) is 0.169. The van der Waals surface area contributed by atoms with E-state index in [1.54, 1.807) is 50.4 Å². The lowest BCUT2D eigenvalue weighted by molar-refractivity contribution is -0.142. The third-order valence-electron chi connectivity index (χ3n) is 12.7. The molecule has 0 spiro atoms. The second kappa shape index (κ2) is 28.8. The second-order valence-electron chi connectivity index (χ2n) is 19.5. The molecule has 1 aliphatic rings. The molecule has 16 N–H and O–H groups in total. The number of H-pyrrole nitrogens is 1. The monoisotopic (exact) mass is 1020 g/mol.